The number of pyridine rings is 1. The van der Waals surface area contributed by atoms with Gasteiger partial charge in [0.15, 0.2) is 0 Å². The van der Waals surface area contributed by atoms with Crippen LogP contribution in [0, 0.1) is 3.57 Å². The third-order valence-electron chi connectivity index (χ3n) is 3.69. The fourth-order valence-electron chi connectivity index (χ4n) is 2.46. The molecular formula is C19H17IN4O2. The van der Waals surface area contributed by atoms with E-state index in [-0.39, 0.29) is 11.8 Å². The molecule has 1 aromatic carbocycles. The molecule has 7 heteroatoms. The summed E-state index contributed by atoms with van der Waals surface area (Å²) in [4.78, 5) is 28.3. The average Bonchev–Trinajstić information content (AvgIpc) is 3.15. The number of nitrogens with one attached hydrogen (secondary N) is 2. The molecule has 0 unspecified atom stereocenters. The van der Waals surface area contributed by atoms with Crippen molar-refractivity contribution in [2.75, 3.05) is 13.1 Å². The molecule has 0 radical (unpaired) electrons. The van der Waals surface area contributed by atoms with Crippen LogP contribution in [-0.2, 0) is 0 Å². The van der Waals surface area contributed by atoms with E-state index in [2.05, 4.69) is 38.2 Å². The number of hydrogen-bond acceptors (Lipinski definition) is 3. The van der Waals surface area contributed by atoms with Crippen molar-refractivity contribution in [1.82, 2.24) is 20.2 Å². The van der Waals surface area contributed by atoms with Crippen molar-refractivity contribution < 1.29 is 9.59 Å². The molecule has 132 valence electrons. The molecule has 2 heterocycles. The van der Waals surface area contributed by atoms with E-state index in [0.717, 1.165) is 9.26 Å². The largest absolute Gasteiger partial charge is 0.350 e. The maximum atomic E-state index is 12.4. The van der Waals surface area contributed by atoms with E-state index in [1.807, 2.05) is 41.1 Å². The highest BCUT2D eigenvalue weighted by atomic mass is 127. The number of benzene rings is 1. The van der Waals surface area contributed by atoms with Crippen LogP contribution in [-0.4, -0.2) is 34.5 Å². The van der Waals surface area contributed by atoms with E-state index in [9.17, 15) is 9.59 Å². The number of aromatic nitrogens is 2. The van der Waals surface area contributed by atoms with Gasteiger partial charge in [-0.2, -0.15) is 0 Å². The van der Waals surface area contributed by atoms with E-state index < -0.39 is 0 Å². The zero-order valence-corrected chi connectivity index (χ0v) is 16.0. The highest BCUT2D eigenvalue weighted by Gasteiger charge is 2.12. The number of carbonyl (C=O) groups excluding carboxylic acids is 2. The summed E-state index contributed by atoms with van der Waals surface area (Å²) in [6.45, 7) is 0.672. The Bertz CT molecular complexity index is 909. The van der Waals surface area contributed by atoms with Gasteiger partial charge in [0.2, 0.25) is 0 Å². The first-order valence-electron chi connectivity index (χ1n) is 8.05. The maximum Gasteiger partial charge on any atom is 0.268 e. The molecule has 0 aliphatic rings. The Kier molecular flexibility index (Phi) is 6.00. The quantitative estimate of drug-likeness (QED) is 0.439. The smallest absolute Gasteiger partial charge is 0.268 e. The molecule has 2 N–H and O–H groups in total. The Morgan fingerprint density at radius 1 is 1.00 bits per heavy atom. The number of carbonyl (C=O) groups is 2. The summed E-state index contributed by atoms with van der Waals surface area (Å²) in [5.41, 5.74) is 1.97. The summed E-state index contributed by atoms with van der Waals surface area (Å²) in [6.07, 6.45) is 4.96. The second-order valence-electron chi connectivity index (χ2n) is 5.50. The lowest BCUT2D eigenvalue weighted by Gasteiger charge is -2.11. The van der Waals surface area contributed by atoms with Gasteiger partial charge in [0.05, 0.1) is 5.56 Å². The second-order valence-corrected chi connectivity index (χ2v) is 6.74. The molecule has 0 atom stereocenters. The highest BCUT2D eigenvalue weighted by Crippen LogP contribution is 2.15. The molecule has 0 saturated carbocycles. The minimum atomic E-state index is -0.213. The highest BCUT2D eigenvalue weighted by molar-refractivity contribution is 14.1. The van der Waals surface area contributed by atoms with Crippen LogP contribution in [0.5, 0.6) is 0 Å². The van der Waals surface area contributed by atoms with Crippen LogP contribution in [0.25, 0.3) is 5.69 Å². The predicted octanol–water partition coefficient (Wildman–Crippen LogP) is 2.64. The molecule has 2 amide bonds. The van der Waals surface area contributed by atoms with E-state index in [4.69, 9.17) is 0 Å². The van der Waals surface area contributed by atoms with Crippen LogP contribution in [0.3, 0.4) is 0 Å². The Hall–Kier alpha value is -2.68. The molecule has 3 aromatic rings. The molecule has 0 spiro atoms. The summed E-state index contributed by atoms with van der Waals surface area (Å²) in [5.74, 6) is -0.404. The van der Waals surface area contributed by atoms with Gasteiger partial charge in [0.1, 0.15) is 5.69 Å². The minimum Gasteiger partial charge on any atom is -0.350 e. The molecule has 26 heavy (non-hydrogen) atoms. The first kappa shape index (κ1) is 18.1. The standard InChI is InChI=1S/C19H17IN4O2/c20-15-5-1-6-16(12-15)24-11-3-7-17(24)19(26)23-10-9-22-18(25)14-4-2-8-21-13-14/h1-8,11-13H,9-10H2,(H,22,25)(H,23,26). The SMILES string of the molecule is O=C(NCCNC(=O)c1cccn1-c1cccc(I)c1)c1cccnc1. The van der Waals surface area contributed by atoms with Crippen LogP contribution < -0.4 is 10.6 Å². The third kappa shape index (κ3) is 4.48. The number of halogens is 1. The molecule has 0 aliphatic carbocycles. The summed E-state index contributed by atoms with van der Waals surface area (Å²) >= 11 is 2.24. The van der Waals surface area contributed by atoms with E-state index >= 15 is 0 Å². The first-order chi connectivity index (χ1) is 12.6. The van der Waals surface area contributed by atoms with E-state index in [1.54, 1.807) is 24.4 Å². The minimum absolute atomic E-state index is 0.190. The van der Waals surface area contributed by atoms with Gasteiger partial charge in [-0.3, -0.25) is 14.6 Å². The summed E-state index contributed by atoms with van der Waals surface area (Å²) in [6, 6.07) is 14.9. The Balaban J connectivity index is 1.55. The molecule has 0 fully saturated rings. The number of amides is 2. The molecule has 6 nitrogen and oxygen atoms in total. The fraction of sp³-hybridized carbons (Fsp3) is 0.105. The van der Waals surface area contributed by atoms with Crippen LogP contribution in [0.4, 0.5) is 0 Å². The van der Waals surface area contributed by atoms with Gasteiger partial charge in [-0.15, -0.1) is 0 Å². The van der Waals surface area contributed by atoms with Crippen molar-refractivity contribution in [1.29, 1.82) is 0 Å². The van der Waals surface area contributed by atoms with Gasteiger partial charge < -0.3 is 15.2 Å². The topological polar surface area (TPSA) is 76.0 Å². The maximum absolute atomic E-state index is 12.4. The monoisotopic (exact) mass is 460 g/mol. The van der Waals surface area contributed by atoms with Crippen molar-refractivity contribution in [2.24, 2.45) is 0 Å². The summed E-state index contributed by atoms with van der Waals surface area (Å²) < 4.78 is 2.93. The fourth-order valence-corrected chi connectivity index (χ4v) is 2.99. The number of rotatable bonds is 6. The van der Waals surface area contributed by atoms with Crippen molar-refractivity contribution in [2.45, 2.75) is 0 Å². The summed E-state index contributed by atoms with van der Waals surface area (Å²) in [7, 11) is 0. The average molecular weight is 460 g/mol. The molecular weight excluding hydrogens is 443 g/mol. The number of nitrogens with zero attached hydrogens (tertiary/aromatic N) is 2. The third-order valence-corrected chi connectivity index (χ3v) is 4.36. The Labute approximate surface area is 164 Å². The van der Waals surface area contributed by atoms with Crippen molar-refractivity contribution in [3.8, 4) is 5.69 Å². The van der Waals surface area contributed by atoms with E-state index in [0.29, 0.717) is 24.3 Å². The lowest BCUT2D eigenvalue weighted by atomic mass is 10.3. The normalized spacial score (nSPS) is 10.3. The molecule has 0 aliphatic heterocycles. The van der Waals surface area contributed by atoms with Crippen LogP contribution in [0.2, 0.25) is 0 Å². The predicted molar refractivity (Wildman–Crippen MR) is 107 cm³/mol. The number of hydrogen-bond donors (Lipinski definition) is 2. The van der Waals surface area contributed by atoms with Gasteiger partial charge in [0.25, 0.3) is 11.8 Å². The van der Waals surface area contributed by atoms with Crippen LogP contribution in [0.1, 0.15) is 20.8 Å². The molecule has 0 saturated heterocycles. The zero-order valence-electron chi connectivity index (χ0n) is 13.9. The Morgan fingerprint density at radius 3 is 2.54 bits per heavy atom. The van der Waals surface area contributed by atoms with Gasteiger partial charge in [-0.1, -0.05) is 6.07 Å². The van der Waals surface area contributed by atoms with E-state index in [1.165, 1.54) is 6.20 Å². The van der Waals surface area contributed by atoms with Gasteiger partial charge in [-0.25, -0.2) is 0 Å². The molecule has 0 bridgehead atoms. The van der Waals surface area contributed by atoms with Gasteiger partial charge >= 0.3 is 0 Å². The summed E-state index contributed by atoms with van der Waals surface area (Å²) in [5, 5.41) is 5.58. The van der Waals surface area contributed by atoms with Gasteiger partial charge in [-0.05, 0) is 65.1 Å². The second kappa shape index (κ2) is 8.61. The van der Waals surface area contributed by atoms with Crippen molar-refractivity contribution >= 4 is 34.4 Å². The van der Waals surface area contributed by atoms with Crippen molar-refractivity contribution in [3.63, 3.8) is 0 Å². The van der Waals surface area contributed by atoms with Gasteiger partial charge in [0, 0.05) is 40.9 Å². The van der Waals surface area contributed by atoms with Crippen molar-refractivity contribution in [3.05, 3.63) is 81.9 Å². The zero-order chi connectivity index (χ0) is 18.4. The van der Waals surface area contributed by atoms with Crippen LogP contribution in [0.15, 0.2) is 67.1 Å². The molecule has 3 rings (SSSR count). The lowest BCUT2D eigenvalue weighted by molar-refractivity contribution is 0.0924. The van der Waals surface area contributed by atoms with Crippen LogP contribution >= 0.6 is 22.6 Å². The lowest BCUT2D eigenvalue weighted by Crippen LogP contribution is -2.35. The Morgan fingerprint density at radius 2 is 1.81 bits per heavy atom. The first-order valence-corrected chi connectivity index (χ1v) is 9.13. The molecule has 2 aromatic heterocycles.